The van der Waals surface area contributed by atoms with Gasteiger partial charge in [0.25, 0.3) is 0 Å². The minimum atomic E-state index is -0.178. The average Bonchev–Trinajstić information content (AvgIpc) is 2.47. The summed E-state index contributed by atoms with van der Waals surface area (Å²) in [6, 6.07) is 0.831. The second-order valence-electron chi connectivity index (χ2n) is 6.34. The zero-order valence-electron chi connectivity index (χ0n) is 14.4. The maximum atomic E-state index is 12.1. The van der Waals surface area contributed by atoms with E-state index in [1.54, 1.807) is 0 Å². The third kappa shape index (κ3) is 6.79. The maximum absolute atomic E-state index is 12.1. The van der Waals surface area contributed by atoms with Crippen LogP contribution in [0, 0.1) is 0 Å². The molecule has 0 saturated heterocycles. The van der Waals surface area contributed by atoms with Gasteiger partial charge in [0.1, 0.15) is 6.04 Å². The molecule has 0 heterocycles. The zero-order chi connectivity index (χ0) is 15.7. The highest BCUT2D eigenvalue weighted by Crippen LogP contribution is 2.22. The summed E-state index contributed by atoms with van der Waals surface area (Å²) in [6.07, 6.45) is 7.56. The normalized spacial score (nSPS) is 18.2. The van der Waals surface area contributed by atoms with Gasteiger partial charge < -0.3 is 15.0 Å². The fourth-order valence-electron chi connectivity index (χ4n) is 3.25. The van der Waals surface area contributed by atoms with Gasteiger partial charge in [-0.05, 0) is 32.7 Å². The van der Waals surface area contributed by atoms with Crippen molar-refractivity contribution in [2.24, 2.45) is 0 Å². The van der Waals surface area contributed by atoms with E-state index >= 15 is 0 Å². The Morgan fingerprint density at radius 1 is 1.24 bits per heavy atom. The van der Waals surface area contributed by atoms with Crippen LogP contribution in [0.1, 0.15) is 66.2 Å². The number of carbonyl (C=O) groups is 1. The molecule has 0 amide bonds. The first-order valence-corrected chi connectivity index (χ1v) is 8.75. The van der Waals surface area contributed by atoms with Gasteiger partial charge in [0, 0.05) is 18.6 Å². The third-order valence-electron chi connectivity index (χ3n) is 4.31. The molecule has 1 aliphatic carbocycles. The number of nitrogens with one attached hydrogen (secondary N) is 1. The van der Waals surface area contributed by atoms with E-state index < -0.39 is 0 Å². The monoisotopic (exact) mass is 298 g/mol. The second-order valence-corrected chi connectivity index (χ2v) is 6.34. The van der Waals surface area contributed by atoms with Crippen LogP contribution in [0.3, 0.4) is 0 Å². The van der Waals surface area contributed by atoms with Crippen molar-refractivity contribution in [1.82, 2.24) is 10.2 Å². The first kappa shape index (κ1) is 18.4. The standard InChI is InChI=1S/C17H34N2O2/c1-5-19(15-10-8-7-9-11-15)13-12-16(18-14(3)4)17(20)21-6-2/h14-16,18H,5-13H2,1-4H3. The SMILES string of the molecule is CCOC(=O)C(CCN(CC)C1CCCCC1)NC(C)C. The van der Waals surface area contributed by atoms with Gasteiger partial charge >= 0.3 is 5.97 Å². The number of esters is 1. The van der Waals surface area contributed by atoms with Crippen LogP contribution in [0.2, 0.25) is 0 Å². The Kier molecular flexibility index (Phi) is 8.93. The molecule has 4 nitrogen and oxygen atoms in total. The maximum Gasteiger partial charge on any atom is 0.323 e. The van der Waals surface area contributed by atoms with Crippen LogP contribution in [-0.4, -0.2) is 48.7 Å². The Balaban J connectivity index is 2.49. The number of hydrogen-bond donors (Lipinski definition) is 1. The van der Waals surface area contributed by atoms with E-state index in [1.807, 2.05) is 6.92 Å². The van der Waals surface area contributed by atoms with Crippen molar-refractivity contribution in [3.8, 4) is 0 Å². The van der Waals surface area contributed by atoms with Gasteiger partial charge in [-0.3, -0.25) is 4.79 Å². The van der Waals surface area contributed by atoms with Gasteiger partial charge in [-0.2, -0.15) is 0 Å². The topological polar surface area (TPSA) is 41.6 Å². The fraction of sp³-hybridized carbons (Fsp3) is 0.941. The smallest absolute Gasteiger partial charge is 0.323 e. The molecule has 0 aromatic carbocycles. The second kappa shape index (κ2) is 10.2. The lowest BCUT2D eigenvalue weighted by Gasteiger charge is -2.34. The predicted molar refractivity (Wildman–Crippen MR) is 87.4 cm³/mol. The molecule has 1 rings (SSSR count). The minimum absolute atomic E-state index is 0.106. The lowest BCUT2D eigenvalue weighted by atomic mass is 9.94. The van der Waals surface area contributed by atoms with Crippen molar-refractivity contribution in [1.29, 1.82) is 0 Å². The quantitative estimate of drug-likeness (QED) is 0.665. The molecule has 0 spiro atoms. The van der Waals surface area contributed by atoms with Crippen molar-refractivity contribution in [3.05, 3.63) is 0 Å². The zero-order valence-corrected chi connectivity index (χ0v) is 14.4. The van der Waals surface area contributed by atoms with Crippen molar-refractivity contribution in [3.63, 3.8) is 0 Å². The third-order valence-corrected chi connectivity index (χ3v) is 4.31. The van der Waals surface area contributed by atoms with Gasteiger partial charge in [0.05, 0.1) is 6.61 Å². The number of carbonyl (C=O) groups excluding carboxylic acids is 1. The van der Waals surface area contributed by atoms with E-state index in [4.69, 9.17) is 4.74 Å². The molecular formula is C17H34N2O2. The van der Waals surface area contributed by atoms with Gasteiger partial charge in [0.2, 0.25) is 0 Å². The molecule has 0 aromatic heterocycles. The summed E-state index contributed by atoms with van der Waals surface area (Å²) in [7, 11) is 0. The number of nitrogens with zero attached hydrogens (tertiary/aromatic N) is 1. The molecule has 124 valence electrons. The predicted octanol–water partition coefficient (Wildman–Crippen LogP) is 2.96. The molecule has 0 bridgehead atoms. The average molecular weight is 298 g/mol. The van der Waals surface area contributed by atoms with Crippen molar-refractivity contribution >= 4 is 5.97 Å². The van der Waals surface area contributed by atoms with Crippen molar-refractivity contribution < 1.29 is 9.53 Å². The van der Waals surface area contributed by atoms with Crippen LogP contribution in [0.15, 0.2) is 0 Å². The lowest BCUT2D eigenvalue weighted by molar-refractivity contribution is -0.146. The van der Waals surface area contributed by atoms with Crippen LogP contribution in [0.25, 0.3) is 0 Å². The Morgan fingerprint density at radius 3 is 2.43 bits per heavy atom. The van der Waals surface area contributed by atoms with Crippen molar-refractivity contribution in [2.45, 2.75) is 84.3 Å². The summed E-state index contributed by atoms with van der Waals surface area (Å²) in [5, 5.41) is 3.35. The van der Waals surface area contributed by atoms with E-state index in [1.165, 1.54) is 32.1 Å². The molecule has 4 heteroatoms. The van der Waals surface area contributed by atoms with Crippen LogP contribution >= 0.6 is 0 Å². The molecule has 0 radical (unpaired) electrons. The Hall–Kier alpha value is -0.610. The molecule has 1 aliphatic rings. The van der Waals surface area contributed by atoms with Gasteiger partial charge in [0.15, 0.2) is 0 Å². The first-order valence-electron chi connectivity index (χ1n) is 8.75. The van der Waals surface area contributed by atoms with E-state index in [-0.39, 0.29) is 12.0 Å². The molecule has 21 heavy (non-hydrogen) atoms. The number of rotatable bonds is 9. The number of ether oxygens (including phenoxy) is 1. The van der Waals surface area contributed by atoms with Crippen LogP contribution < -0.4 is 5.32 Å². The molecule has 1 unspecified atom stereocenters. The lowest BCUT2D eigenvalue weighted by Crippen LogP contribution is -2.45. The Bertz CT molecular complexity index is 289. The van der Waals surface area contributed by atoms with Gasteiger partial charge in [-0.15, -0.1) is 0 Å². The van der Waals surface area contributed by atoms with Crippen LogP contribution in [-0.2, 0) is 9.53 Å². The first-order chi connectivity index (χ1) is 10.1. The summed E-state index contributed by atoms with van der Waals surface area (Å²) >= 11 is 0. The summed E-state index contributed by atoms with van der Waals surface area (Å²) in [5.41, 5.74) is 0. The largest absolute Gasteiger partial charge is 0.465 e. The number of hydrogen-bond acceptors (Lipinski definition) is 4. The van der Waals surface area contributed by atoms with Crippen molar-refractivity contribution in [2.75, 3.05) is 19.7 Å². The van der Waals surface area contributed by atoms with E-state index in [0.29, 0.717) is 18.7 Å². The van der Waals surface area contributed by atoms with E-state index in [0.717, 1.165) is 19.5 Å². The van der Waals surface area contributed by atoms with E-state index in [9.17, 15) is 4.79 Å². The molecule has 0 aromatic rings. The molecular weight excluding hydrogens is 264 g/mol. The van der Waals surface area contributed by atoms with Crippen LogP contribution in [0.5, 0.6) is 0 Å². The van der Waals surface area contributed by atoms with Gasteiger partial charge in [-0.1, -0.05) is 40.0 Å². The summed E-state index contributed by atoms with van der Waals surface area (Å²) in [6.45, 7) is 10.7. The minimum Gasteiger partial charge on any atom is -0.465 e. The van der Waals surface area contributed by atoms with Crippen LogP contribution in [0.4, 0.5) is 0 Å². The molecule has 1 fully saturated rings. The molecule has 1 N–H and O–H groups in total. The fourth-order valence-corrected chi connectivity index (χ4v) is 3.25. The Labute approximate surface area is 130 Å². The van der Waals surface area contributed by atoms with E-state index in [2.05, 4.69) is 31.0 Å². The molecule has 0 aliphatic heterocycles. The van der Waals surface area contributed by atoms with Gasteiger partial charge in [-0.25, -0.2) is 0 Å². The highest BCUT2D eigenvalue weighted by atomic mass is 16.5. The molecule has 1 atom stereocenters. The molecule has 1 saturated carbocycles. The Morgan fingerprint density at radius 2 is 1.90 bits per heavy atom. The highest BCUT2D eigenvalue weighted by molar-refractivity contribution is 5.75. The summed E-state index contributed by atoms with van der Waals surface area (Å²) in [4.78, 5) is 14.6. The highest BCUT2D eigenvalue weighted by Gasteiger charge is 2.24. The summed E-state index contributed by atoms with van der Waals surface area (Å²) < 4.78 is 5.20. The summed E-state index contributed by atoms with van der Waals surface area (Å²) in [5.74, 6) is -0.106.